The molecule has 1 unspecified atom stereocenters. The Morgan fingerprint density at radius 2 is 1.32 bits per heavy atom. The highest BCUT2D eigenvalue weighted by molar-refractivity contribution is 5.85. The van der Waals surface area contributed by atoms with Crippen molar-refractivity contribution in [1.29, 1.82) is 0 Å². The molecular formula is C30H61N5O2. The zero-order chi connectivity index (χ0) is 28.0. The smallest absolute Gasteiger partial charge is 0.222 e. The van der Waals surface area contributed by atoms with E-state index in [9.17, 15) is 9.59 Å². The monoisotopic (exact) mass is 523 g/mol. The minimum absolute atomic E-state index is 0.111. The fourth-order valence-corrected chi connectivity index (χ4v) is 5.14. The van der Waals surface area contributed by atoms with E-state index in [1.807, 2.05) is 27.7 Å². The summed E-state index contributed by atoms with van der Waals surface area (Å²) in [5.41, 5.74) is 0. The second-order valence-electron chi connectivity index (χ2n) is 12.4. The third-order valence-electron chi connectivity index (χ3n) is 7.79. The zero-order valence-electron chi connectivity index (χ0n) is 25.9. The summed E-state index contributed by atoms with van der Waals surface area (Å²) in [6.45, 7) is 25.5. The summed E-state index contributed by atoms with van der Waals surface area (Å²) in [6, 6.07) is 0.616. The highest BCUT2D eigenvalue weighted by Crippen LogP contribution is 2.18. The van der Waals surface area contributed by atoms with E-state index in [-0.39, 0.29) is 23.8 Å². The van der Waals surface area contributed by atoms with Gasteiger partial charge < -0.3 is 20.0 Å². The van der Waals surface area contributed by atoms with Crippen molar-refractivity contribution in [3.05, 3.63) is 0 Å². The Bertz CT molecular complexity index is 623. The largest absolute Gasteiger partial charge is 0.353 e. The Balaban J connectivity index is 0.000000278. The summed E-state index contributed by atoms with van der Waals surface area (Å²) in [6.07, 6.45) is 5.71. The number of likely N-dealkylation sites (tertiary alicyclic amines) is 2. The van der Waals surface area contributed by atoms with Crippen molar-refractivity contribution in [2.75, 3.05) is 73.0 Å². The average Bonchev–Trinajstić information content (AvgIpc) is 2.86. The van der Waals surface area contributed by atoms with Gasteiger partial charge in [0.15, 0.2) is 5.78 Å². The zero-order valence-corrected chi connectivity index (χ0v) is 25.9. The number of nitrogens with zero attached hydrogens (tertiary/aromatic N) is 4. The van der Waals surface area contributed by atoms with Crippen LogP contribution >= 0.6 is 0 Å². The molecule has 1 amide bonds. The maximum atomic E-state index is 11.7. The number of rotatable bonds is 7. The van der Waals surface area contributed by atoms with Crippen LogP contribution in [-0.4, -0.2) is 116 Å². The van der Waals surface area contributed by atoms with Crippen LogP contribution < -0.4 is 5.32 Å². The topological polar surface area (TPSA) is 59.1 Å². The summed E-state index contributed by atoms with van der Waals surface area (Å²) in [5.74, 6) is 1.72. The summed E-state index contributed by atoms with van der Waals surface area (Å²) in [5, 5.41) is 3.07. The Labute approximate surface area is 229 Å². The van der Waals surface area contributed by atoms with E-state index >= 15 is 0 Å². The van der Waals surface area contributed by atoms with Crippen LogP contribution in [-0.2, 0) is 9.59 Å². The van der Waals surface area contributed by atoms with Gasteiger partial charge in [0.05, 0.1) is 6.04 Å². The summed E-state index contributed by atoms with van der Waals surface area (Å²) in [7, 11) is 4.19. The molecule has 0 aromatic carbocycles. The fraction of sp³-hybridized carbons (Fsp3) is 0.933. The van der Waals surface area contributed by atoms with Gasteiger partial charge in [0.1, 0.15) is 0 Å². The van der Waals surface area contributed by atoms with Gasteiger partial charge in [-0.1, -0.05) is 54.9 Å². The first-order chi connectivity index (χ1) is 17.4. The number of ketones is 1. The molecule has 3 heterocycles. The van der Waals surface area contributed by atoms with Gasteiger partial charge in [0, 0.05) is 50.6 Å². The first-order valence-electron chi connectivity index (χ1n) is 15.1. The van der Waals surface area contributed by atoms with Gasteiger partial charge in [0.2, 0.25) is 5.91 Å². The van der Waals surface area contributed by atoms with Crippen LogP contribution in [0.15, 0.2) is 0 Å². The molecule has 0 bridgehead atoms. The molecule has 0 saturated carbocycles. The molecule has 3 aliphatic rings. The van der Waals surface area contributed by atoms with Crippen molar-refractivity contribution in [2.45, 2.75) is 92.7 Å². The van der Waals surface area contributed by atoms with Crippen LogP contribution in [0.5, 0.6) is 0 Å². The van der Waals surface area contributed by atoms with E-state index < -0.39 is 0 Å². The van der Waals surface area contributed by atoms with Crippen molar-refractivity contribution in [3.8, 4) is 0 Å². The average molecular weight is 524 g/mol. The molecule has 1 N–H and O–H groups in total. The molecule has 0 aromatic heterocycles. The minimum atomic E-state index is 0.111. The molecule has 0 aliphatic carbocycles. The van der Waals surface area contributed by atoms with Gasteiger partial charge in [-0.25, -0.2) is 0 Å². The number of amides is 1. The SMILES string of the molecule is CC(C)C(=O)C1CCCCN1C.CC(C)C(=O)NC1CCN(C)CC1.CCN1CCN(CC(C)C)CC1. The number of hydrogen-bond donors (Lipinski definition) is 1. The lowest BCUT2D eigenvalue weighted by atomic mass is 9.93. The minimum Gasteiger partial charge on any atom is -0.353 e. The van der Waals surface area contributed by atoms with E-state index in [0.29, 0.717) is 11.8 Å². The first kappa shape index (κ1) is 34.0. The maximum Gasteiger partial charge on any atom is 0.222 e. The van der Waals surface area contributed by atoms with E-state index in [0.717, 1.165) is 44.8 Å². The van der Waals surface area contributed by atoms with Gasteiger partial charge in [-0.3, -0.25) is 14.5 Å². The number of piperazine rings is 1. The maximum absolute atomic E-state index is 11.7. The lowest BCUT2D eigenvalue weighted by molar-refractivity contribution is -0.128. The number of piperidine rings is 2. The highest BCUT2D eigenvalue weighted by atomic mass is 16.2. The molecule has 1 atom stereocenters. The van der Waals surface area contributed by atoms with Gasteiger partial charge in [-0.15, -0.1) is 0 Å². The third-order valence-corrected chi connectivity index (χ3v) is 7.79. The van der Waals surface area contributed by atoms with E-state index in [2.05, 4.69) is 59.8 Å². The molecule has 0 aromatic rings. The van der Waals surface area contributed by atoms with Crippen LogP contribution in [0.4, 0.5) is 0 Å². The Morgan fingerprint density at radius 3 is 1.78 bits per heavy atom. The Hall–Kier alpha value is -1.02. The van der Waals surface area contributed by atoms with Crippen LogP contribution in [0, 0.1) is 17.8 Å². The molecular weight excluding hydrogens is 462 g/mol. The molecule has 7 heteroatoms. The molecule has 37 heavy (non-hydrogen) atoms. The number of hydrogen-bond acceptors (Lipinski definition) is 6. The quantitative estimate of drug-likeness (QED) is 0.547. The lowest BCUT2D eigenvalue weighted by Crippen LogP contribution is -2.47. The fourth-order valence-electron chi connectivity index (χ4n) is 5.14. The molecule has 7 nitrogen and oxygen atoms in total. The first-order valence-corrected chi connectivity index (χ1v) is 15.1. The summed E-state index contributed by atoms with van der Waals surface area (Å²) in [4.78, 5) is 32.6. The van der Waals surface area contributed by atoms with Crippen LogP contribution in [0.2, 0.25) is 0 Å². The summed E-state index contributed by atoms with van der Waals surface area (Å²) < 4.78 is 0. The Morgan fingerprint density at radius 1 is 0.757 bits per heavy atom. The van der Waals surface area contributed by atoms with Gasteiger partial charge in [0.25, 0.3) is 0 Å². The molecule has 0 spiro atoms. The normalized spacial score (nSPS) is 22.9. The van der Waals surface area contributed by atoms with Crippen molar-refractivity contribution in [1.82, 2.24) is 24.9 Å². The highest BCUT2D eigenvalue weighted by Gasteiger charge is 2.27. The number of likely N-dealkylation sites (N-methyl/N-ethyl adjacent to an activating group) is 2. The van der Waals surface area contributed by atoms with Crippen LogP contribution in [0.25, 0.3) is 0 Å². The molecule has 3 aliphatic heterocycles. The Kier molecular flexibility index (Phi) is 16.8. The van der Waals surface area contributed by atoms with Crippen molar-refractivity contribution in [3.63, 3.8) is 0 Å². The van der Waals surface area contributed by atoms with E-state index in [1.165, 1.54) is 52.1 Å². The predicted octanol–water partition coefficient (Wildman–Crippen LogP) is 3.83. The number of nitrogens with one attached hydrogen (secondary N) is 1. The van der Waals surface area contributed by atoms with Crippen LogP contribution in [0.1, 0.15) is 80.6 Å². The van der Waals surface area contributed by atoms with Gasteiger partial charge in [-0.05, 0) is 71.9 Å². The third kappa shape index (κ3) is 14.1. The van der Waals surface area contributed by atoms with Crippen molar-refractivity contribution < 1.29 is 9.59 Å². The molecule has 218 valence electrons. The van der Waals surface area contributed by atoms with Gasteiger partial charge in [-0.2, -0.15) is 0 Å². The molecule has 3 fully saturated rings. The molecule has 3 rings (SSSR count). The number of carbonyl (C=O) groups excluding carboxylic acids is 2. The standard InChI is InChI=1S/C10H20N2O.C10H22N2.C10H19NO/c1-8(2)10(13)11-9-4-6-12(3)7-5-9;1-4-11-5-7-12(8-6-11)9-10(2)3;1-8(2)10(12)9-6-4-5-7-11(9)3/h8-9H,4-7H2,1-3H3,(H,11,13);10H,4-9H2,1-3H3;8-9H,4-7H2,1-3H3. The number of Topliss-reactive ketones (excluding diaryl/α,β-unsaturated/α-hetero) is 1. The molecule has 0 radical (unpaired) electrons. The lowest BCUT2D eigenvalue weighted by Gasteiger charge is -2.34. The number of carbonyl (C=O) groups is 2. The second kappa shape index (κ2) is 18.3. The van der Waals surface area contributed by atoms with E-state index in [1.54, 1.807) is 0 Å². The van der Waals surface area contributed by atoms with E-state index in [4.69, 9.17) is 0 Å². The predicted molar refractivity (Wildman–Crippen MR) is 157 cm³/mol. The van der Waals surface area contributed by atoms with Crippen molar-refractivity contribution >= 4 is 11.7 Å². The van der Waals surface area contributed by atoms with Crippen LogP contribution in [0.3, 0.4) is 0 Å². The van der Waals surface area contributed by atoms with Gasteiger partial charge >= 0.3 is 0 Å². The molecule has 3 saturated heterocycles. The second-order valence-corrected chi connectivity index (χ2v) is 12.4. The summed E-state index contributed by atoms with van der Waals surface area (Å²) >= 11 is 0. The van der Waals surface area contributed by atoms with Crippen molar-refractivity contribution in [2.24, 2.45) is 17.8 Å².